The highest BCUT2D eigenvalue weighted by atomic mass is 79.9. The average Bonchev–Trinajstić information content (AvgIpc) is 2.25. The lowest BCUT2D eigenvalue weighted by Crippen LogP contribution is -2.28. The summed E-state index contributed by atoms with van der Waals surface area (Å²) in [6.07, 6.45) is 9.51. The van der Waals surface area contributed by atoms with Crippen LogP contribution in [-0.2, 0) is 4.43 Å². The Bertz CT molecular complexity index is 211. The van der Waals surface area contributed by atoms with Crippen molar-refractivity contribution in [2.24, 2.45) is 11.3 Å². The minimum Gasteiger partial charge on any atom is -0.413 e. The van der Waals surface area contributed by atoms with E-state index < -0.39 is 0 Å². The van der Waals surface area contributed by atoms with Crippen LogP contribution in [0.5, 0.6) is 0 Å². The highest BCUT2D eigenvalue weighted by Gasteiger charge is 2.25. The third-order valence-electron chi connectivity index (χ3n) is 3.84. The molecule has 18 heavy (non-hydrogen) atoms. The van der Waals surface area contributed by atoms with E-state index in [1.165, 1.54) is 44.9 Å². The highest BCUT2D eigenvalue weighted by molar-refractivity contribution is 9.10. The van der Waals surface area contributed by atoms with Crippen molar-refractivity contribution in [1.82, 2.24) is 0 Å². The van der Waals surface area contributed by atoms with E-state index in [4.69, 9.17) is 4.43 Å². The summed E-state index contributed by atoms with van der Waals surface area (Å²) in [7, 11) is 0.805. The Labute approximate surface area is 126 Å². The molecule has 0 rings (SSSR count). The number of hydrogen-bond acceptors (Lipinski definition) is 1. The summed E-state index contributed by atoms with van der Waals surface area (Å²) in [4.78, 5) is 0. The Morgan fingerprint density at radius 1 is 1.00 bits per heavy atom. The monoisotopic (exact) mass is 336 g/mol. The minimum absolute atomic E-state index is 0.0918. The molecule has 3 heteroatoms. The molecule has 0 fully saturated rings. The lowest BCUT2D eigenvalue weighted by molar-refractivity contribution is 0.139. The first kappa shape index (κ1) is 18.7. The summed E-state index contributed by atoms with van der Waals surface area (Å²) in [5, 5.41) is 0. The fourth-order valence-corrected chi connectivity index (χ4v) is 2.73. The summed E-state index contributed by atoms with van der Waals surface area (Å²) in [6, 6.07) is 0. The first-order chi connectivity index (χ1) is 8.19. The van der Waals surface area contributed by atoms with Crippen molar-refractivity contribution in [3.63, 3.8) is 0 Å². The van der Waals surface area contributed by atoms with Crippen LogP contribution in [0.15, 0.2) is 0 Å². The molecular weight excluding hydrogens is 304 g/mol. The van der Waals surface area contributed by atoms with Crippen LogP contribution in [0.25, 0.3) is 0 Å². The number of alkyl halides is 1. The summed E-state index contributed by atoms with van der Waals surface area (Å²) < 4.78 is 5.50. The molecule has 0 spiro atoms. The summed E-state index contributed by atoms with van der Waals surface area (Å²) in [5.74, 6) is 0.601. The van der Waals surface area contributed by atoms with Crippen molar-refractivity contribution in [3.8, 4) is 0 Å². The van der Waals surface area contributed by atoms with Gasteiger partial charge >= 0.3 is 0 Å². The third kappa shape index (κ3) is 9.57. The van der Waals surface area contributed by atoms with Crippen LogP contribution in [0.2, 0.25) is 0 Å². The van der Waals surface area contributed by atoms with Gasteiger partial charge in [0.1, 0.15) is 15.0 Å². The molecule has 0 saturated carbocycles. The maximum absolute atomic E-state index is 5.59. The van der Waals surface area contributed by atoms with E-state index in [2.05, 4.69) is 50.5 Å². The predicted octanol–water partition coefficient (Wildman–Crippen LogP) is 4.81. The zero-order valence-corrected chi connectivity index (χ0v) is 16.9. The van der Waals surface area contributed by atoms with Crippen LogP contribution in [0.1, 0.15) is 79.6 Å². The summed E-state index contributed by atoms with van der Waals surface area (Å²) in [5.41, 5.74) is 0.509. The van der Waals surface area contributed by atoms with Gasteiger partial charge in [-0.2, -0.15) is 0 Å². The van der Waals surface area contributed by atoms with Crippen LogP contribution >= 0.6 is 15.9 Å². The van der Waals surface area contributed by atoms with E-state index >= 15 is 0 Å². The molecule has 0 radical (unpaired) electrons. The second-order valence-electron chi connectivity index (χ2n) is 6.96. The molecule has 2 unspecified atom stereocenters. The largest absolute Gasteiger partial charge is 0.413 e. The van der Waals surface area contributed by atoms with Crippen LogP contribution in [0.3, 0.4) is 0 Å². The number of rotatable bonds is 9. The predicted molar refractivity (Wildman–Crippen MR) is 89.3 cm³/mol. The number of halogens is 1. The van der Waals surface area contributed by atoms with Crippen molar-refractivity contribution >= 4 is 26.4 Å². The van der Waals surface area contributed by atoms with E-state index in [1.807, 2.05) is 0 Å². The van der Waals surface area contributed by atoms with Gasteiger partial charge in [0.25, 0.3) is 0 Å². The fraction of sp³-hybridized carbons (Fsp3) is 1.00. The van der Waals surface area contributed by atoms with Gasteiger partial charge in [-0.3, -0.25) is 0 Å². The Hall–Kier alpha value is 0.657. The highest BCUT2D eigenvalue weighted by Crippen LogP contribution is 2.31. The van der Waals surface area contributed by atoms with E-state index in [0.29, 0.717) is 11.3 Å². The average molecular weight is 337 g/mol. The Morgan fingerprint density at radius 2 is 1.50 bits per heavy atom. The Kier molecular flexibility index (Phi) is 9.07. The number of hydrogen-bond donors (Lipinski definition) is 0. The molecule has 110 valence electrons. The normalized spacial score (nSPS) is 17.7. The SMILES string of the molecule is CC(CCCCCCCC(C)(C)C)C(C)(Br)O[SiH3]. The second kappa shape index (κ2) is 8.75. The Morgan fingerprint density at radius 3 is 2.00 bits per heavy atom. The van der Waals surface area contributed by atoms with Crippen LogP contribution in [0.4, 0.5) is 0 Å². The first-order valence-electron chi connectivity index (χ1n) is 7.43. The van der Waals surface area contributed by atoms with Crippen molar-refractivity contribution in [2.75, 3.05) is 0 Å². The van der Waals surface area contributed by atoms with Gasteiger partial charge < -0.3 is 4.43 Å². The zero-order valence-electron chi connectivity index (χ0n) is 13.3. The van der Waals surface area contributed by atoms with Gasteiger partial charge in [0.05, 0.1) is 0 Å². The van der Waals surface area contributed by atoms with Crippen molar-refractivity contribution in [3.05, 3.63) is 0 Å². The van der Waals surface area contributed by atoms with E-state index in [0.717, 1.165) is 10.5 Å². The van der Waals surface area contributed by atoms with Gasteiger partial charge in [0.15, 0.2) is 0 Å². The molecular formula is C15H33BrOSi. The van der Waals surface area contributed by atoms with Gasteiger partial charge in [-0.1, -0.05) is 75.7 Å². The molecule has 0 aliphatic rings. The van der Waals surface area contributed by atoms with Gasteiger partial charge in [-0.05, 0) is 31.1 Å². The maximum atomic E-state index is 5.59. The first-order valence-corrected chi connectivity index (χ1v) is 9.04. The lowest BCUT2D eigenvalue weighted by Gasteiger charge is -2.29. The van der Waals surface area contributed by atoms with Crippen LogP contribution in [-0.4, -0.2) is 15.0 Å². The molecule has 0 aromatic heterocycles. The van der Waals surface area contributed by atoms with E-state index in [9.17, 15) is 0 Å². The minimum atomic E-state index is -0.0918. The molecule has 0 aromatic rings. The summed E-state index contributed by atoms with van der Waals surface area (Å²) in [6.45, 7) is 11.4. The number of unbranched alkanes of at least 4 members (excludes halogenated alkanes) is 4. The van der Waals surface area contributed by atoms with E-state index in [1.54, 1.807) is 0 Å². The second-order valence-corrected chi connectivity index (χ2v) is 8.94. The van der Waals surface area contributed by atoms with Gasteiger partial charge in [-0.15, -0.1) is 0 Å². The quantitative estimate of drug-likeness (QED) is 0.333. The molecule has 2 atom stereocenters. The topological polar surface area (TPSA) is 9.23 Å². The fourth-order valence-electron chi connectivity index (χ4n) is 2.10. The van der Waals surface area contributed by atoms with Crippen molar-refractivity contribution < 1.29 is 4.43 Å². The molecule has 0 heterocycles. The third-order valence-corrected chi connectivity index (χ3v) is 6.39. The molecule has 0 amide bonds. The van der Waals surface area contributed by atoms with Crippen LogP contribution in [0, 0.1) is 11.3 Å². The molecule has 0 aliphatic carbocycles. The molecule has 1 nitrogen and oxygen atoms in total. The maximum Gasteiger partial charge on any atom is 0.147 e. The zero-order chi connectivity index (χ0) is 14.2. The molecule has 0 saturated heterocycles. The van der Waals surface area contributed by atoms with Crippen molar-refractivity contribution in [1.29, 1.82) is 0 Å². The Balaban J connectivity index is 3.47. The van der Waals surface area contributed by atoms with Gasteiger partial charge in [0.2, 0.25) is 0 Å². The van der Waals surface area contributed by atoms with Crippen molar-refractivity contribution in [2.45, 2.75) is 84.1 Å². The summed E-state index contributed by atoms with van der Waals surface area (Å²) >= 11 is 3.67. The van der Waals surface area contributed by atoms with E-state index in [-0.39, 0.29) is 4.51 Å². The van der Waals surface area contributed by atoms with Gasteiger partial charge in [0, 0.05) is 0 Å². The lowest BCUT2D eigenvalue weighted by atomic mass is 9.89. The molecule has 0 N–H and O–H groups in total. The standard InChI is InChI=1S/C15H33BrOSi/c1-13(15(5,16)17-18)11-9-7-6-8-10-12-14(2,3)4/h13H,6-12H2,1-5,18H3. The molecule has 0 aromatic carbocycles. The van der Waals surface area contributed by atoms with Gasteiger partial charge in [-0.25, -0.2) is 0 Å². The molecule has 0 bridgehead atoms. The molecule has 0 aliphatic heterocycles. The smallest absolute Gasteiger partial charge is 0.147 e. The van der Waals surface area contributed by atoms with Crippen LogP contribution < -0.4 is 0 Å².